The van der Waals surface area contributed by atoms with Crippen LogP contribution in [0.4, 0.5) is 5.69 Å². The predicted molar refractivity (Wildman–Crippen MR) is 108 cm³/mol. The topological polar surface area (TPSA) is 84.6 Å². The molecule has 3 rings (SSSR count). The number of hydrogen-bond donors (Lipinski definition) is 2. The van der Waals surface area contributed by atoms with Gasteiger partial charge >= 0.3 is 0 Å². The van der Waals surface area contributed by atoms with E-state index in [-0.39, 0.29) is 17.2 Å². The van der Waals surface area contributed by atoms with Crippen molar-refractivity contribution >= 4 is 5.69 Å². The number of benzene rings is 3. The average Bonchev–Trinajstić information content (AvgIpc) is 2.74. The van der Waals surface area contributed by atoms with Crippen LogP contribution in [0.5, 0.6) is 5.75 Å². The van der Waals surface area contributed by atoms with Gasteiger partial charge in [0.15, 0.2) is 0 Å². The van der Waals surface area contributed by atoms with Crippen molar-refractivity contribution in [1.82, 2.24) is 5.32 Å². The van der Waals surface area contributed by atoms with Crippen molar-refractivity contribution in [2.24, 2.45) is 0 Å². The Morgan fingerprint density at radius 1 is 0.964 bits per heavy atom. The maximum atomic E-state index is 11.5. The summed E-state index contributed by atoms with van der Waals surface area (Å²) in [7, 11) is 0. The molecule has 0 aliphatic carbocycles. The lowest BCUT2D eigenvalue weighted by Crippen LogP contribution is -2.20. The molecule has 0 saturated heterocycles. The zero-order valence-electron chi connectivity index (χ0n) is 15.4. The van der Waals surface area contributed by atoms with Crippen LogP contribution in [-0.4, -0.2) is 23.2 Å². The lowest BCUT2D eigenvalue weighted by Gasteiger charge is -2.09. The molecule has 28 heavy (non-hydrogen) atoms. The molecular formula is C22H22N2O4. The molecule has 0 aliphatic rings. The average molecular weight is 378 g/mol. The molecule has 0 amide bonds. The van der Waals surface area contributed by atoms with Crippen LogP contribution in [-0.2, 0) is 13.2 Å². The van der Waals surface area contributed by atoms with Gasteiger partial charge in [-0.25, -0.2) is 0 Å². The van der Waals surface area contributed by atoms with Crippen molar-refractivity contribution < 1.29 is 14.8 Å². The van der Waals surface area contributed by atoms with Gasteiger partial charge in [0.1, 0.15) is 12.4 Å². The number of ether oxygens (including phenoxy) is 1. The quantitative estimate of drug-likeness (QED) is 0.335. The predicted octanol–water partition coefficient (Wildman–Crippen LogP) is 3.92. The van der Waals surface area contributed by atoms with Crippen LogP contribution >= 0.6 is 0 Å². The van der Waals surface area contributed by atoms with Crippen molar-refractivity contribution in [3.63, 3.8) is 0 Å². The number of nitro benzene ring substituents is 1. The second kappa shape index (κ2) is 9.64. The molecule has 3 aromatic rings. The number of nitrogens with zero attached hydrogens (tertiary/aromatic N) is 1. The van der Waals surface area contributed by atoms with Gasteiger partial charge in [-0.15, -0.1) is 0 Å². The zero-order valence-corrected chi connectivity index (χ0v) is 15.4. The minimum Gasteiger partial charge on any atom is -0.492 e. The molecule has 0 fully saturated rings. The van der Waals surface area contributed by atoms with E-state index in [4.69, 9.17) is 9.84 Å². The third-order valence-corrected chi connectivity index (χ3v) is 4.33. The fourth-order valence-electron chi connectivity index (χ4n) is 2.86. The van der Waals surface area contributed by atoms with Crippen molar-refractivity contribution in [3.8, 4) is 16.9 Å². The van der Waals surface area contributed by atoms with Crippen molar-refractivity contribution in [1.29, 1.82) is 0 Å². The fourth-order valence-corrected chi connectivity index (χ4v) is 2.86. The van der Waals surface area contributed by atoms with Gasteiger partial charge in [0, 0.05) is 19.2 Å². The molecule has 0 unspecified atom stereocenters. The van der Waals surface area contributed by atoms with E-state index in [9.17, 15) is 10.1 Å². The molecule has 6 heteroatoms. The van der Waals surface area contributed by atoms with Crippen LogP contribution in [0.3, 0.4) is 0 Å². The van der Waals surface area contributed by atoms with Gasteiger partial charge in [-0.2, -0.15) is 0 Å². The van der Waals surface area contributed by atoms with Crippen LogP contribution in [0.15, 0.2) is 72.8 Å². The van der Waals surface area contributed by atoms with E-state index in [1.54, 1.807) is 12.1 Å². The van der Waals surface area contributed by atoms with Crippen LogP contribution in [0.25, 0.3) is 11.1 Å². The Balaban J connectivity index is 1.54. The highest BCUT2D eigenvalue weighted by Gasteiger charge is 2.15. The van der Waals surface area contributed by atoms with Gasteiger partial charge in [-0.05, 0) is 34.9 Å². The van der Waals surface area contributed by atoms with Crippen molar-refractivity contribution in [2.75, 3.05) is 13.2 Å². The monoisotopic (exact) mass is 378 g/mol. The second-order valence-electron chi connectivity index (χ2n) is 6.30. The molecule has 2 N–H and O–H groups in total. The van der Waals surface area contributed by atoms with Crippen LogP contribution in [0.1, 0.15) is 11.1 Å². The van der Waals surface area contributed by atoms with Gasteiger partial charge in [0.2, 0.25) is 0 Å². The molecule has 0 heterocycles. The molecule has 0 saturated carbocycles. The zero-order chi connectivity index (χ0) is 19.8. The Kier molecular flexibility index (Phi) is 6.73. The standard InChI is InChI=1S/C22H22N2O4/c25-16-17-6-9-20(10-7-17)28-13-12-23-15-18-8-11-21(22(14-18)24(26)27)19-4-2-1-3-5-19/h1-11,14,23,25H,12-13,15-16H2. The SMILES string of the molecule is O=[N+]([O-])c1cc(CNCCOc2ccc(CO)cc2)ccc1-c1ccccc1. The smallest absolute Gasteiger partial charge is 0.277 e. The number of nitrogens with one attached hydrogen (secondary N) is 1. The van der Waals surface area contributed by atoms with E-state index >= 15 is 0 Å². The summed E-state index contributed by atoms with van der Waals surface area (Å²) in [5.74, 6) is 0.738. The lowest BCUT2D eigenvalue weighted by atomic mass is 10.0. The summed E-state index contributed by atoms with van der Waals surface area (Å²) < 4.78 is 5.63. The highest BCUT2D eigenvalue weighted by Crippen LogP contribution is 2.30. The minimum absolute atomic E-state index is 0.0109. The highest BCUT2D eigenvalue weighted by molar-refractivity contribution is 5.73. The second-order valence-corrected chi connectivity index (χ2v) is 6.30. The molecule has 3 aromatic carbocycles. The molecule has 144 valence electrons. The molecule has 0 spiro atoms. The maximum absolute atomic E-state index is 11.5. The summed E-state index contributed by atoms with van der Waals surface area (Å²) in [6, 6.07) is 21.9. The molecule has 0 bridgehead atoms. The fraction of sp³-hybridized carbons (Fsp3) is 0.182. The van der Waals surface area contributed by atoms with E-state index in [1.807, 2.05) is 60.7 Å². The number of nitro groups is 1. The Morgan fingerprint density at radius 3 is 2.36 bits per heavy atom. The first-order chi connectivity index (χ1) is 13.7. The molecule has 0 atom stereocenters. The van der Waals surface area contributed by atoms with E-state index in [0.29, 0.717) is 25.3 Å². The number of aliphatic hydroxyl groups is 1. The first-order valence-corrected chi connectivity index (χ1v) is 9.03. The number of rotatable bonds is 9. The van der Waals surface area contributed by atoms with Crippen LogP contribution in [0.2, 0.25) is 0 Å². The Bertz CT molecular complexity index is 912. The van der Waals surface area contributed by atoms with E-state index in [2.05, 4.69) is 5.32 Å². The Morgan fingerprint density at radius 2 is 1.68 bits per heavy atom. The summed E-state index contributed by atoms with van der Waals surface area (Å²) in [5.41, 5.74) is 3.23. The Hall–Kier alpha value is -3.22. The van der Waals surface area contributed by atoms with Crippen molar-refractivity contribution in [3.05, 3.63) is 94.0 Å². The van der Waals surface area contributed by atoms with Crippen LogP contribution in [0, 0.1) is 10.1 Å². The maximum Gasteiger partial charge on any atom is 0.277 e. The third-order valence-electron chi connectivity index (χ3n) is 4.33. The normalized spacial score (nSPS) is 10.6. The Labute approximate surface area is 163 Å². The van der Waals surface area contributed by atoms with Gasteiger partial charge in [0.05, 0.1) is 17.1 Å². The van der Waals surface area contributed by atoms with E-state index in [1.165, 1.54) is 0 Å². The van der Waals surface area contributed by atoms with Gasteiger partial charge in [-0.3, -0.25) is 10.1 Å². The molecule has 0 radical (unpaired) electrons. The number of hydrogen-bond acceptors (Lipinski definition) is 5. The highest BCUT2D eigenvalue weighted by atomic mass is 16.6. The minimum atomic E-state index is -0.342. The summed E-state index contributed by atoms with van der Waals surface area (Å²) in [5, 5.41) is 23.7. The van der Waals surface area contributed by atoms with Crippen molar-refractivity contribution in [2.45, 2.75) is 13.2 Å². The van der Waals surface area contributed by atoms with Gasteiger partial charge < -0.3 is 15.2 Å². The molecule has 0 aliphatic heterocycles. The molecule has 0 aromatic heterocycles. The largest absolute Gasteiger partial charge is 0.492 e. The summed E-state index contributed by atoms with van der Waals surface area (Å²) in [6.07, 6.45) is 0. The third kappa shape index (κ3) is 5.16. The van der Waals surface area contributed by atoms with E-state index in [0.717, 1.165) is 22.4 Å². The van der Waals surface area contributed by atoms with Gasteiger partial charge in [0.25, 0.3) is 5.69 Å². The summed E-state index contributed by atoms with van der Waals surface area (Å²) in [6.45, 7) is 1.61. The first kappa shape index (κ1) is 19.5. The number of aliphatic hydroxyl groups excluding tert-OH is 1. The van der Waals surface area contributed by atoms with E-state index < -0.39 is 0 Å². The first-order valence-electron chi connectivity index (χ1n) is 9.03. The molecule has 6 nitrogen and oxygen atoms in total. The summed E-state index contributed by atoms with van der Waals surface area (Å²) >= 11 is 0. The molecular weight excluding hydrogens is 356 g/mol. The van der Waals surface area contributed by atoms with Gasteiger partial charge in [-0.1, -0.05) is 48.5 Å². The summed E-state index contributed by atoms with van der Waals surface area (Å²) in [4.78, 5) is 11.1. The van der Waals surface area contributed by atoms with Crippen LogP contribution < -0.4 is 10.1 Å². The lowest BCUT2D eigenvalue weighted by molar-refractivity contribution is -0.384.